The highest BCUT2D eigenvalue weighted by Gasteiger charge is 2.27. The third kappa shape index (κ3) is 3.04. The first-order valence-electron chi connectivity index (χ1n) is 5.92. The van der Waals surface area contributed by atoms with Gasteiger partial charge in [0.15, 0.2) is 0 Å². The van der Waals surface area contributed by atoms with Crippen molar-refractivity contribution in [3.05, 3.63) is 71.8 Å². The Balaban J connectivity index is 2.61. The molecule has 0 N–H and O–H groups in total. The van der Waals surface area contributed by atoms with E-state index in [0.717, 1.165) is 11.1 Å². The molecule has 19 heavy (non-hydrogen) atoms. The molecule has 2 aromatic carbocycles. The summed E-state index contributed by atoms with van der Waals surface area (Å²) in [6, 6.07) is 18.3. The van der Waals surface area contributed by atoms with E-state index in [1.54, 1.807) is 0 Å². The van der Waals surface area contributed by atoms with Crippen LogP contribution in [0.15, 0.2) is 60.7 Å². The molecular formula is C16H14O2S. The lowest BCUT2D eigenvalue weighted by molar-refractivity contribution is 0.599. The second-order valence-corrected chi connectivity index (χ2v) is 5.86. The number of benzene rings is 2. The summed E-state index contributed by atoms with van der Waals surface area (Å²) >= 11 is 0. The van der Waals surface area contributed by atoms with E-state index >= 15 is 0 Å². The second-order valence-electron chi connectivity index (χ2n) is 4.10. The minimum Gasteiger partial charge on any atom is -0.214 e. The van der Waals surface area contributed by atoms with Crippen LogP contribution in [-0.2, 0) is 9.84 Å². The zero-order chi connectivity index (χ0) is 13.7. The number of sulfone groups is 1. The second kappa shape index (κ2) is 5.73. The summed E-state index contributed by atoms with van der Waals surface area (Å²) in [5.41, 5.74) is 1.47. The number of rotatable bonds is 3. The molecule has 2 nitrogen and oxygen atoms in total. The van der Waals surface area contributed by atoms with Crippen molar-refractivity contribution >= 4 is 9.84 Å². The maximum atomic E-state index is 12.4. The van der Waals surface area contributed by atoms with Gasteiger partial charge in [-0.25, -0.2) is 8.42 Å². The van der Waals surface area contributed by atoms with Crippen LogP contribution in [0.5, 0.6) is 0 Å². The van der Waals surface area contributed by atoms with Gasteiger partial charge < -0.3 is 0 Å². The third-order valence-electron chi connectivity index (χ3n) is 2.76. The molecule has 0 aliphatic rings. The van der Waals surface area contributed by atoms with Crippen molar-refractivity contribution in [3.8, 4) is 11.2 Å². The summed E-state index contributed by atoms with van der Waals surface area (Å²) in [7, 11) is -3.54. The van der Waals surface area contributed by atoms with Gasteiger partial charge in [0, 0.05) is 5.25 Å². The van der Waals surface area contributed by atoms with Gasteiger partial charge in [-0.15, -0.1) is 0 Å². The van der Waals surface area contributed by atoms with Crippen LogP contribution in [0.4, 0.5) is 0 Å². The van der Waals surface area contributed by atoms with E-state index in [9.17, 15) is 8.42 Å². The van der Waals surface area contributed by atoms with Gasteiger partial charge in [-0.3, -0.25) is 0 Å². The van der Waals surface area contributed by atoms with Gasteiger partial charge in [0.1, 0.15) is 5.25 Å². The van der Waals surface area contributed by atoms with Crippen molar-refractivity contribution < 1.29 is 8.42 Å². The molecule has 0 saturated heterocycles. The molecule has 0 aliphatic carbocycles. The van der Waals surface area contributed by atoms with Gasteiger partial charge in [0.05, 0.1) is 0 Å². The van der Waals surface area contributed by atoms with Gasteiger partial charge in [0.2, 0.25) is 9.84 Å². The smallest absolute Gasteiger partial charge is 0.214 e. The molecule has 0 spiro atoms. The molecule has 3 heteroatoms. The number of hydrogen-bond acceptors (Lipinski definition) is 2. The van der Waals surface area contributed by atoms with E-state index in [1.807, 2.05) is 60.7 Å². The Labute approximate surface area is 114 Å². The average molecular weight is 270 g/mol. The summed E-state index contributed by atoms with van der Waals surface area (Å²) in [6.07, 6.45) is 0. The van der Waals surface area contributed by atoms with Crippen LogP contribution < -0.4 is 0 Å². The summed E-state index contributed by atoms with van der Waals surface area (Å²) in [6.45, 7) is 1.53. The fourth-order valence-electron chi connectivity index (χ4n) is 2.01. The van der Waals surface area contributed by atoms with Crippen LogP contribution in [0.3, 0.4) is 0 Å². The predicted octanol–water partition coefficient (Wildman–Crippen LogP) is 3.17. The Morgan fingerprint density at radius 2 is 1.26 bits per heavy atom. The lowest BCUT2D eigenvalue weighted by Crippen LogP contribution is -2.12. The maximum absolute atomic E-state index is 12.4. The van der Waals surface area contributed by atoms with Crippen molar-refractivity contribution in [3.63, 3.8) is 0 Å². The normalized spacial score (nSPS) is 10.8. The van der Waals surface area contributed by atoms with Crippen molar-refractivity contribution in [1.29, 1.82) is 0 Å². The van der Waals surface area contributed by atoms with Crippen LogP contribution in [0.25, 0.3) is 0 Å². The van der Waals surface area contributed by atoms with E-state index in [-0.39, 0.29) is 0 Å². The zero-order valence-corrected chi connectivity index (χ0v) is 11.4. The molecule has 0 unspecified atom stereocenters. The fourth-order valence-corrected chi connectivity index (χ4v) is 3.44. The molecule has 0 bridgehead atoms. The first-order chi connectivity index (χ1) is 9.15. The summed E-state index contributed by atoms with van der Waals surface area (Å²) < 4.78 is 24.7. The SMILES string of the molecule is CC#CS(=O)(=O)C(c1ccccc1)c1ccccc1. The van der Waals surface area contributed by atoms with Crippen LogP contribution in [0.2, 0.25) is 0 Å². The summed E-state index contributed by atoms with van der Waals surface area (Å²) in [5, 5.41) is 1.61. The quantitative estimate of drug-likeness (QED) is 0.634. The van der Waals surface area contributed by atoms with Crippen LogP contribution in [0, 0.1) is 11.2 Å². The van der Waals surface area contributed by atoms with Gasteiger partial charge >= 0.3 is 0 Å². The maximum Gasteiger partial charge on any atom is 0.227 e. The van der Waals surface area contributed by atoms with E-state index < -0.39 is 15.1 Å². The van der Waals surface area contributed by atoms with Crippen LogP contribution >= 0.6 is 0 Å². The topological polar surface area (TPSA) is 34.1 Å². The van der Waals surface area contributed by atoms with Crippen molar-refractivity contribution in [1.82, 2.24) is 0 Å². The van der Waals surface area contributed by atoms with Gasteiger partial charge in [-0.1, -0.05) is 66.6 Å². The highest BCUT2D eigenvalue weighted by atomic mass is 32.2. The molecule has 2 rings (SSSR count). The highest BCUT2D eigenvalue weighted by molar-refractivity contribution is 7.96. The van der Waals surface area contributed by atoms with Gasteiger partial charge in [-0.2, -0.15) is 0 Å². The van der Waals surface area contributed by atoms with Gasteiger partial charge in [0.25, 0.3) is 0 Å². The molecule has 0 atom stereocenters. The minimum absolute atomic E-state index is 0.733. The van der Waals surface area contributed by atoms with E-state index in [2.05, 4.69) is 11.2 Å². The Morgan fingerprint density at radius 3 is 1.63 bits per heavy atom. The first-order valence-corrected chi connectivity index (χ1v) is 7.47. The Bertz CT molecular complexity index is 653. The zero-order valence-electron chi connectivity index (χ0n) is 10.6. The van der Waals surface area contributed by atoms with Crippen molar-refractivity contribution in [2.24, 2.45) is 0 Å². The van der Waals surface area contributed by atoms with E-state index in [4.69, 9.17) is 0 Å². The minimum atomic E-state index is -3.54. The average Bonchev–Trinajstić information content (AvgIpc) is 2.41. The first kappa shape index (κ1) is 13.4. The van der Waals surface area contributed by atoms with E-state index in [0.29, 0.717) is 0 Å². The third-order valence-corrected chi connectivity index (χ3v) is 4.41. The number of hydrogen-bond donors (Lipinski definition) is 0. The standard InChI is InChI=1S/C16H14O2S/c1-2-13-19(17,18)16(14-9-5-3-6-10-14)15-11-7-4-8-12-15/h3-12,16H,1H3. The Morgan fingerprint density at radius 1 is 0.842 bits per heavy atom. The highest BCUT2D eigenvalue weighted by Crippen LogP contribution is 2.30. The Hall–Kier alpha value is -2.05. The van der Waals surface area contributed by atoms with Crippen LogP contribution in [0.1, 0.15) is 23.3 Å². The monoisotopic (exact) mass is 270 g/mol. The molecule has 0 saturated carbocycles. The van der Waals surface area contributed by atoms with Crippen LogP contribution in [-0.4, -0.2) is 8.42 Å². The lowest BCUT2D eigenvalue weighted by atomic mass is 10.0. The molecule has 0 aliphatic heterocycles. The lowest BCUT2D eigenvalue weighted by Gasteiger charge is -2.15. The molecule has 2 aromatic rings. The Kier molecular flexibility index (Phi) is 4.03. The largest absolute Gasteiger partial charge is 0.227 e. The molecule has 0 fully saturated rings. The molecule has 0 aromatic heterocycles. The summed E-state index contributed by atoms with van der Waals surface area (Å²) in [4.78, 5) is 0. The van der Waals surface area contributed by atoms with Crippen molar-refractivity contribution in [2.45, 2.75) is 12.2 Å². The molecule has 0 heterocycles. The molecule has 0 radical (unpaired) electrons. The molecular weight excluding hydrogens is 256 g/mol. The van der Waals surface area contributed by atoms with Crippen molar-refractivity contribution in [2.75, 3.05) is 0 Å². The predicted molar refractivity (Wildman–Crippen MR) is 77.1 cm³/mol. The summed E-state index contributed by atoms with van der Waals surface area (Å²) in [5.74, 6) is 2.49. The molecule has 96 valence electrons. The fraction of sp³-hybridized carbons (Fsp3) is 0.125. The molecule has 0 amide bonds. The van der Waals surface area contributed by atoms with E-state index in [1.165, 1.54) is 6.92 Å². The van der Waals surface area contributed by atoms with Gasteiger partial charge in [-0.05, 0) is 18.1 Å².